The van der Waals surface area contributed by atoms with E-state index in [1.807, 2.05) is 12.1 Å². The predicted molar refractivity (Wildman–Crippen MR) is 144 cm³/mol. The zero-order chi connectivity index (χ0) is 26.4. The van der Waals surface area contributed by atoms with E-state index in [4.69, 9.17) is 30.5 Å². The van der Waals surface area contributed by atoms with Gasteiger partial charge in [-0.2, -0.15) is 0 Å². The first kappa shape index (κ1) is 26.1. The molecule has 1 aromatic heterocycles. The van der Waals surface area contributed by atoms with Gasteiger partial charge < -0.3 is 18.9 Å². The Morgan fingerprint density at radius 1 is 0.865 bits per heavy atom. The fourth-order valence-corrected chi connectivity index (χ4v) is 4.58. The van der Waals surface area contributed by atoms with Crippen molar-refractivity contribution in [2.75, 3.05) is 21.3 Å². The molecule has 0 saturated heterocycles. The van der Waals surface area contributed by atoms with Crippen LogP contribution < -0.4 is 14.2 Å². The molecule has 0 aliphatic rings. The number of pyridine rings is 1. The largest absolute Gasteiger partial charge is 0.497 e. The number of carbonyl (C=O) groups is 2. The van der Waals surface area contributed by atoms with E-state index in [-0.39, 0.29) is 5.56 Å². The summed E-state index contributed by atoms with van der Waals surface area (Å²) in [6.07, 6.45) is 3.37. The molecule has 0 aliphatic heterocycles. The van der Waals surface area contributed by atoms with Crippen LogP contribution in [0.15, 0.2) is 82.7 Å². The highest BCUT2D eigenvalue weighted by Gasteiger charge is 2.15. The summed E-state index contributed by atoms with van der Waals surface area (Å²) in [7, 11) is 4.34. The number of thioether (sulfide) groups is 1. The first-order valence-electron chi connectivity index (χ1n) is 11.0. The Balaban J connectivity index is 1.55. The number of benzene rings is 3. The first-order valence-corrected chi connectivity index (χ1v) is 12.2. The fraction of sp³-hybridized carbons (Fsp3) is 0.107. The van der Waals surface area contributed by atoms with Gasteiger partial charge in [0.2, 0.25) is 0 Å². The standard InChI is InChI=1S/C28H22ClNO6S/c1-33-21-13-18(14-22(16-21)34-2)27(31)36-20-7-4-17(5-8-20)12-26(28(32)35-3)37-25-10-11-30-24-15-19(29)6-9-23(24)25/h4-16H,1-3H3/b26-12+. The van der Waals surface area contributed by atoms with E-state index in [1.165, 1.54) is 33.1 Å². The lowest BCUT2D eigenvalue weighted by Crippen LogP contribution is -2.09. The monoisotopic (exact) mass is 535 g/mol. The zero-order valence-corrected chi connectivity index (χ0v) is 21.8. The smallest absolute Gasteiger partial charge is 0.344 e. The average Bonchev–Trinajstić information content (AvgIpc) is 2.92. The van der Waals surface area contributed by atoms with Crippen molar-refractivity contribution >= 4 is 52.3 Å². The minimum Gasteiger partial charge on any atom is -0.497 e. The number of halogens is 1. The van der Waals surface area contributed by atoms with E-state index >= 15 is 0 Å². The van der Waals surface area contributed by atoms with Gasteiger partial charge in [-0.05, 0) is 54.1 Å². The van der Waals surface area contributed by atoms with Crippen molar-refractivity contribution in [3.05, 3.63) is 94.0 Å². The SMILES string of the molecule is COC(=O)/C(=C\c1ccc(OC(=O)c2cc(OC)cc(OC)c2)cc1)Sc1ccnc2cc(Cl)ccc12. The highest BCUT2D eigenvalue weighted by molar-refractivity contribution is 8.04. The van der Waals surface area contributed by atoms with E-state index < -0.39 is 11.9 Å². The van der Waals surface area contributed by atoms with E-state index in [2.05, 4.69) is 4.98 Å². The lowest BCUT2D eigenvalue weighted by Gasteiger charge is -2.10. The van der Waals surface area contributed by atoms with Crippen molar-refractivity contribution in [1.82, 2.24) is 4.98 Å². The van der Waals surface area contributed by atoms with Gasteiger partial charge in [0.05, 0.1) is 37.3 Å². The molecule has 0 atom stereocenters. The lowest BCUT2D eigenvalue weighted by atomic mass is 10.2. The molecular weight excluding hydrogens is 514 g/mol. The Labute approximate surface area is 223 Å². The fourth-order valence-electron chi connectivity index (χ4n) is 3.41. The molecule has 0 fully saturated rings. The molecule has 1 heterocycles. The molecule has 188 valence electrons. The molecule has 37 heavy (non-hydrogen) atoms. The number of ether oxygens (including phenoxy) is 4. The van der Waals surface area contributed by atoms with Gasteiger partial charge in [0.25, 0.3) is 0 Å². The van der Waals surface area contributed by atoms with Crippen LogP contribution in [0.2, 0.25) is 5.02 Å². The minimum absolute atomic E-state index is 0.287. The van der Waals surface area contributed by atoms with Gasteiger partial charge in [-0.15, -0.1) is 0 Å². The second-order valence-corrected chi connectivity index (χ2v) is 9.15. The third kappa shape index (κ3) is 6.41. The van der Waals surface area contributed by atoms with Gasteiger partial charge in [-0.25, -0.2) is 9.59 Å². The molecule has 0 amide bonds. The van der Waals surface area contributed by atoms with E-state index in [0.717, 1.165) is 21.4 Å². The molecule has 0 bridgehead atoms. The van der Waals surface area contributed by atoms with Crippen molar-refractivity contribution in [3.8, 4) is 17.2 Å². The normalized spacial score (nSPS) is 11.2. The summed E-state index contributed by atoms with van der Waals surface area (Å²) in [6.45, 7) is 0. The minimum atomic E-state index is -0.559. The number of aromatic nitrogens is 1. The number of esters is 2. The van der Waals surface area contributed by atoms with Crippen LogP contribution >= 0.6 is 23.4 Å². The molecule has 9 heteroatoms. The average molecular weight is 536 g/mol. The van der Waals surface area contributed by atoms with E-state index in [9.17, 15) is 9.59 Å². The van der Waals surface area contributed by atoms with Crippen LogP contribution in [0.1, 0.15) is 15.9 Å². The van der Waals surface area contributed by atoms with Crippen LogP contribution in [0, 0.1) is 0 Å². The van der Waals surface area contributed by atoms with Crippen LogP contribution in [-0.4, -0.2) is 38.3 Å². The maximum Gasteiger partial charge on any atom is 0.344 e. The van der Waals surface area contributed by atoms with Gasteiger partial charge >= 0.3 is 11.9 Å². The molecule has 0 spiro atoms. The molecule has 0 saturated carbocycles. The Morgan fingerprint density at radius 3 is 2.22 bits per heavy atom. The van der Waals surface area contributed by atoms with Gasteiger partial charge in [-0.3, -0.25) is 4.98 Å². The van der Waals surface area contributed by atoms with Crippen molar-refractivity contribution in [1.29, 1.82) is 0 Å². The Morgan fingerprint density at radius 2 is 1.57 bits per heavy atom. The number of hydrogen-bond donors (Lipinski definition) is 0. The summed E-state index contributed by atoms with van der Waals surface area (Å²) in [6, 6.07) is 18.8. The highest BCUT2D eigenvalue weighted by Crippen LogP contribution is 2.35. The summed E-state index contributed by atoms with van der Waals surface area (Å²) in [5.74, 6) is 0.255. The second-order valence-electron chi connectivity index (χ2n) is 7.63. The van der Waals surface area contributed by atoms with Crippen molar-refractivity contribution in [2.45, 2.75) is 4.90 Å². The molecule has 0 radical (unpaired) electrons. The molecular formula is C28H22ClNO6S. The zero-order valence-electron chi connectivity index (χ0n) is 20.2. The number of carbonyl (C=O) groups excluding carboxylic acids is 2. The van der Waals surface area contributed by atoms with Gasteiger partial charge in [0, 0.05) is 27.6 Å². The lowest BCUT2D eigenvalue weighted by molar-refractivity contribution is -0.135. The van der Waals surface area contributed by atoms with Crippen molar-refractivity contribution in [2.24, 2.45) is 0 Å². The molecule has 3 aromatic carbocycles. The molecule has 0 N–H and O–H groups in total. The summed E-state index contributed by atoms with van der Waals surface area (Å²) in [5.41, 5.74) is 1.73. The summed E-state index contributed by atoms with van der Waals surface area (Å²) < 4.78 is 20.9. The predicted octanol–water partition coefficient (Wildman–Crippen LogP) is 6.43. The van der Waals surface area contributed by atoms with Gasteiger partial charge in [0.15, 0.2) is 0 Å². The summed E-state index contributed by atoms with van der Waals surface area (Å²) in [5, 5.41) is 1.44. The first-order chi connectivity index (χ1) is 17.9. The molecule has 4 aromatic rings. The van der Waals surface area contributed by atoms with Crippen LogP contribution in [0.5, 0.6) is 17.2 Å². The number of fused-ring (bicyclic) bond motifs is 1. The molecule has 0 aliphatic carbocycles. The number of rotatable bonds is 8. The summed E-state index contributed by atoms with van der Waals surface area (Å²) in [4.78, 5) is 30.7. The number of nitrogens with zero attached hydrogens (tertiary/aromatic N) is 1. The van der Waals surface area contributed by atoms with Crippen LogP contribution in [0.25, 0.3) is 17.0 Å². The van der Waals surface area contributed by atoms with Crippen molar-refractivity contribution in [3.63, 3.8) is 0 Å². The van der Waals surface area contributed by atoms with Crippen LogP contribution in [-0.2, 0) is 9.53 Å². The van der Waals surface area contributed by atoms with Crippen LogP contribution in [0.4, 0.5) is 0 Å². The Bertz CT molecular complexity index is 1460. The van der Waals surface area contributed by atoms with E-state index in [1.54, 1.807) is 66.9 Å². The van der Waals surface area contributed by atoms with Crippen molar-refractivity contribution < 1.29 is 28.5 Å². The maximum atomic E-state index is 12.6. The molecule has 7 nitrogen and oxygen atoms in total. The maximum absolute atomic E-state index is 12.6. The topological polar surface area (TPSA) is 84.0 Å². The second kappa shape index (κ2) is 11.8. The Hall–Kier alpha value is -4.01. The molecule has 4 rings (SSSR count). The summed E-state index contributed by atoms with van der Waals surface area (Å²) >= 11 is 7.35. The quantitative estimate of drug-likeness (QED) is 0.110. The highest BCUT2D eigenvalue weighted by atomic mass is 35.5. The Kier molecular flexibility index (Phi) is 8.32. The number of methoxy groups -OCH3 is 3. The third-order valence-electron chi connectivity index (χ3n) is 5.25. The van der Waals surface area contributed by atoms with Crippen LogP contribution in [0.3, 0.4) is 0 Å². The number of hydrogen-bond acceptors (Lipinski definition) is 8. The van der Waals surface area contributed by atoms with Gasteiger partial charge in [-0.1, -0.05) is 41.6 Å². The third-order valence-corrected chi connectivity index (χ3v) is 6.56. The molecule has 0 unspecified atom stereocenters. The van der Waals surface area contributed by atoms with E-state index in [0.29, 0.717) is 27.2 Å². The van der Waals surface area contributed by atoms with Gasteiger partial charge in [0.1, 0.15) is 17.2 Å².